The van der Waals surface area contributed by atoms with Gasteiger partial charge in [0.1, 0.15) is 11.5 Å². The van der Waals surface area contributed by atoms with Crippen LogP contribution in [-0.4, -0.2) is 35.1 Å². The standard InChI is InChI=1S/C25H23N5O3/c1-16-6-7-19(28-24(31)18-11-20(32-2)14-21(12-18)33-3)13-23(16)30-25-27-10-8-22(29-25)17-5-4-9-26-15-17/h4-15H,1-3H3,(H,28,31)(H,27,29,30). The molecule has 0 atom stereocenters. The number of anilines is 3. The van der Waals surface area contributed by atoms with E-state index in [1.807, 2.05) is 43.3 Å². The number of amides is 1. The van der Waals surface area contributed by atoms with Gasteiger partial charge in [0.05, 0.1) is 19.9 Å². The Kier molecular flexibility index (Phi) is 6.45. The molecule has 4 rings (SSSR count). The number of hydrogen-bond acceptors (Lipinski definition) is 7. The maximum atomic E-state index is 12.8. The molecule has 0 saturated carbocycles. The molecule has 8 nitrogen and oxygen atoms in total. The van der Waals surface area contributed by atoms with Crippen molar-refractivity contribution in [3.05, 3.63) is 84.3 Å². The van der Waals surface area contributed by atoms with Crippen LogP contribution in [0.25, 0.3) is 11.3 Å². The van der Waals surface area contributed by atoms with E-state index >= 15 is 0 Å². The molecule has 2 aromatic heterocycles. The van der Waals surface area contributed by atoms with Crippen molar-refractivity contribution < 1.29 is 14.3 Å². The molecule has 0 bridgehead atoms. The third-order valence-corrected chi connectivity index (χ3v) is 4.97. The topological polar surface area (TPSA) is 98.3 Å². The molecule has 2 heterocycles. The van der Waals surface area contributed by atoms with E-state index in [0.29, 0.717) is 28.7 Å². The highest BCUT2D eigenvalue weighted by atomic mass is 16.5. The summed E-state index contributed by atoms with van der Waals surface area (Å²) in [7, 11) is 3.08. The summed E-state index contributed by atoms with van der Waals surface area (Å²) in [5, 5.41) is 6.15. The first-order chi connectivity index (χ1) is 16.1. The zero-order valence-electron chi connectivity index (χ0n) is 18.5. The molecule has 1 amide bonds. The van der Waals surface area contributed by atoms with Gasteiger partial charge in [-0.1, -0.05) is 6.07 Å². The summed E-state index contributed by atoms with van der Waals surface area (Å²) in [6.07, 6.45) is 5.16. The lowest BCUT2D eigenvalue weighted by Gasteiger charge is -2.13. The fourth-order valence-electron chi connectivity index (χ4n) is 3.19. The van der Waals surface area contributed by atoms with Crippen LogP contribution in [0.2, 0.25) is 0 Å². The van der Waals surface area contributed by atoms with Crippen LogP contribution in [0.3, 0.4) is 0 Å². The first-order valence-electron chi connectivity index (χ1n) is 10.2. The summed E-state index contributed by atoms with van der Waals surface area (Å²) in [5.41, 5.74) is 4.46. The van der Waals surface area contributed by atoms with Gasteiger partial charge in [-0.3, -0.25) is 9.78 Å². The van der Waals surface area contributed by atoms with E-state index in [-0.39, 0.29) is 5.91 Å². The zero-order valence-corrected chi connectivity index (χ0v) is 18.5. The van der Waals surface area contributed by atoms with Crippen molar-refractivity contribution in [1.29, 1.82) is 0 Å². The molecule has 0 aliphatic rings. The Hall–Kier alpha value is -4.46. The van der Waals surface area contributed by atoms with Gasteiger partial charge in [0.2, 0.25) is 5.95 Å². The molecule has 0 saturated heterocycles. The molecule has 0 aliphatic carbocycles. The molecule has 0 unspecified atom stereocenters. The highest BCUT2D eigenvalue weighted by molar-refractivity contribution is 6.05. The van der Waals surface area contributed by atoms with E-state index in [1.54, 1.807) is 51.0 Å². The summed E-state index contributed by atoms with van der Waals surface area (Å²) < 4.78 is 10.5. The van der Waals surface area contributed by atoms with Crippen LogP contribution >= 0.6 is 0 Å². The molecule has 4 aromatic rings. The van der Waals surface area contributed by atoms with E-state index in [0.717, 1.165) is 22.5 Å². The Bertz CT molecular complexity index is 1260. The molecule has 0 aliphatic heterocycles. The van der Waals surface area contributed by atoms with Crippen LogP contribution in [0.5, 0.6) is 11.5 Å². The van der Waals surface area contributed by atoms with Gasteiger partial charge in [-0.15, -0.1) is 0 Å². The first kappa shape index (κ1) is 21.8. The maximum absolute atomic E-state index is 12.8. The number of carbonyl (C=O) groups excluding carboxylic acids is 1. The Labute approximate surface area is 191 Å². The van der Waals surface area contributed by atoms with Crippen molar-refractivity contribution in [3.63, 3.8) is 0 Å². The number of ether oxygens (including phenoxy) is 2. The third kappa shape index (κ3) is 5.24. The van der Waals surface area contributed by atoms with Crippen molar-refractivity contribution in [2.75, 3.05) is 24.9 Å². The van der Waals surface area contributed by atoms with Crippen LogP contribution < -0.4 is 20.1 Å². The van der Waals surface area contributed by atoms with E-state index < -0.39 is 0 Å². The van der Waals surface area contributed by atoms with Crippen molar-refractivity contribution in [1.82, 2.24) is 15.0 Å². The van der Waals surface area contributed by atoms with E-state index in [4.69, 9.17) is 9.47 Å². The van der Waals surface area contributed by atoms with Crippen LogP contribution in [0, 0.1) is 6.92 Å². The molecular weight excluding hydrogens is 418 g/mol. The number of nitrogens with one attached hydrogen (secondary N) is 2. The average molecular weight is 441 g/mol. The molecule has 8 heteroatoms. The normalized spacial score (nSPS) is 10.4. The number of nitrogens with zero attached hydrogens (tertiary/aromatic N) is 3. The lowest BCUT2D eigenvalue weighted by atomic mass is 10.1. The molecule has 0 spiro atoms. The van der Waals surface area contributed by atoms with Crippen molar-refractivity contribution >= 4 is 23.2 Å². The van der Waals surface area contributed by atoms with Gasteiger partial charge in [0, 0.05) is 47.2 Å². The van der Waals surface area contributed by atoms with Gasteiger partial charge in [-0.2, -0.15) is 0 Å². The molecule has 166 valence electrons. The summed E-state index contributed by atoms with van der Waals surface area (Å²) >= 11 is 0. The van der Waals surface area contributed by atoms with Gasteiger partial charge in [-0.25, -0.2) is 9.97 Å². The number of aryl methyl sites for hydroxylation is 1. The predicted octanol–water partition coefficient (Wildman–Crippen LogP) is 4.86. The second-order valence-corrected chi connectivity index (χ2v) is 7.22. The second kappa shape index (κ2) is 9.78. The number of pyridine rings is 1. The van der Waals surface area contributed by atoms with Gasteiger partial charge in [0.25, 0.3) is 5.91 Å². The van der Waals surface area contributed by atoms with E-state index in [9.17, 15) is 4.79 Å². The quantitative estimate of drug-likeness (QED) is 0.423. The predicted molar refractivity (Wildman–Crippen MR) is 127 cm³/mol. The van der Waals surface area contributed by atoms with Crippen LogP contribution in [-0.2, 0) is 0 Å². The van der Waals surface area contributed by atoms with Crippen molar-refractivity contribution in [3.8, 4) is 22.8 Å². The minimum absolute atomic E-state index is 0.281. The highest BCUT2D eigenvalue weighted by Crippen LogP contribution is 2.26. The molecule has 2 N–H and O–H groups in total. The minimum atomic E-state index is -0.281. The maximum Gasteiger partial charge on any atom is 0.255 e. The highest BCUT2D eigenvalue weighted by Gasteiger charge is 2.12. The fraction of sp³-hybridized carbons (Fsp3) is 0.120. The monoisotopic (exact) mass is 441 g/mol. The molecule has 0 fully saturated rings. The van der Waals surface area contributed by atoms with Crippen molar-refractivity contribution in [2.45, 2.75) is 6.92 Å². The molecular formula is C25H23N5O3. The lowest BCUT2D eigenvalue weighted by molar-refractivity contribution is 0.102. The number of carbonyl (C=O) groups is 1. The summed E-state index contributed by atoms with van der Waals surface area (Å²) in [6, 6.07) is 16.2. The third-order valence-electron chi connectivity index (χ3n) is 4.97. The van der Waals surface area contributed by atoms with E-state index in [2.05, 4.69) is 25.6 Å². The lowest BCUT2D eigenvalue weighted by Crippen LogP contribution is -2.12. The Morgan fingerprint density at radius 2 is 1.73 bits per heavy atom. The summed E-state index contributed by atoms with van der Waals surface area (Å²) in [4.78, 5) is 25.9. The number of rotatable bonds is 7. The minimum Gasteiger partial charge on any atom is -0.497 e. The Balaban J connectivity index is 1.55. The summed E-state index contributed by atoms with van der Waals surface area (Å²) in [6.45, 7) is 1.96. The number of hydrogen-bond donors (Lipinski definition) is 2. The van der Waals surface area contributed by atoms with Gasteiger partial charge >= 0.3 is 0 Å². The fourth-order valence-corrected chi connectivity index (χ4v) is 3.19. The molecule has 0 radical (unpaired) electrons. The Morgan fingerprint density at radius 3 is 2.42 bits per heavy atom. The summed E-state index contributed by atoms with van der Waals surface area (Å²) in [5.74, 6) is 1.24. The average Bonchev–Trinajstić information content (AvgIpc) is 2.86. The van der Waals surface area contributed by atoms with Gasteiger partial charge < -0.3 is 20.1 Å². The SMILES string of the molecule is COc1cc(OC)cc(C(=O)Nc2ccc(C)c(Nc3nccc(-c4cccnc4)n3)c2)c1. The van der Waals surface area contributed by atoms with Gasteiger partial charge in [0.15, 0.2) is 0 Å². The second-order valence-electron chi connectivity index (χ2n) is 7.22. The Morgan fingerprint density at radius 1 is 0.939 bits per heavy atom. The number of benzene rings is 2. The number of methoxy groups -OCH3 is 2. The van der Waals surface area contributed by atoms with Crippen LogP contribution in [0.1, 0.15) is 15.9 Å². The molecule has 33 heavy (non-hydrogen) atoms. The molecule has 2 aromatic carbocycles. The van der Waals surface area contributed by atoms with Crippen LogP contribution in [0.15, 0.2) is 73.2 Å². The first-order valence-corrected chi connectivity index (χ1v) is 10.2. The van der Waals surface area contributed by atoms with E-state index in [1.165, 1.54) is 0 Å². The van der Waals surface area contributed by atoms with Crippen molar-refractivity contribution in [2.24, 2.45) is 0 Å². The van der Waals surface area contributed by atoms with Crippen LogP contribution in [0.4, 0.5) is 17.3 Å². The zero-order chi connectivity index (χ0) is 23.2. The largest absolute Gasteiger partial charge is 0.497 e. The number of aromatic nitrogens is 3. The van der Waals surface area contributed by atoms with Gasteiger partial charge in [-0.05, 0) is 55.0 Å². The smallest absolute Gasteiger partial charge is 0.255 e.